The summed E-state index contributed by atoms with van der Waals surface area (Å²) in [6.45, 7) is 5.20. The molecule has 2 nitrogen and oxygen atoms in total. The van der Waals surface area contributed by atoms with Crippen LogP contribution in [0.5, 0.6) is 0 Å². The van der Waals surface area contributed by atoms with E-state index in [-0.39, 0.29) is 5.97 Å². The fourth-order valence-corrected chi connectivity index (χ4v) is 6.36. The van der Waals surface area contributed by atoms with Crippen molar-refractivity contribution in [2.75, 3.05) is 6.61 Å². The average molecular weight is 645 g/mol. The highest BCUT2D eigenvalue weighted by Crippen LogP contribution is 2.14. The molecule has 272 valence electrons. The van der Waals surface area contributed by atoms with Gasteiger partial charge in [0.1, 0.15) is 0 Å². The normalized spacial score (nSPS) is 11.8. The first-order chi connectivity index (χ1) is 22.8. The summed E-state index contributed by atoms with van der Waals surface area (Å²) in [6, 6.07) is 0. The lowest BCUT2D eigenvalue weighted by Gasteiger charge is -2.06. The summed E-state index contributed by atoms with van der Waals surface area (Å²) >= 11 is 0. The van der Waals surface area contributed by atoms with Gasteiger partial charge in [0.05, 0.1) is 6.61 Å². The standard InChI is InChI=1S/C44H84O2/c1-3-5-7-9-11-13-15-17-19-21-22-23-24-25-27-29-31-33-35-37-39-41-43-46-44(45)42-40-38-36-34-32-30-28-26-20-18-16-14-12-10-8-6-4-2/h17-20H,3-16,21-43H2,1-2H3/b19-17+,20-18+. The summed E-state index contributed by atoms with van der Waals surface area (Å²) < 4.78 is 5.47. The fourth-order valence-electron chi connectivity index (χ4n) is 6.36. The van der Waals surface area contributed by atoms with E-state index in [1.165, 1.54) is 212 Å². The highest BCUT2D eigenvalue weighted by Gasteiger charge is 2.03. The van der Waals surface area contributed by atoms with Crippen LogP contribution >= 0.6 is 0 Å². The van der Waals surface area contributed by atoms with Crippen LogP contribution in [0.15, 0.2) is 24.3 Å². The number of carbonyl (C=O) groups is 1. The summed E-state index contributed by atoms with van der Waals surface area (Å²) in [5, 5.41) is 0. The van der Waals surface area contributed by atoms with Crippen molar-refractivity contribution in [3.8, 4) is 0 Å². The van der Waals surface area contributed by atoms with Crippen molar-refractivity contribution in [2.24, 2.45) is 0 Å². The lowest BCUT2D eigenvalue weighted by Crippen LogP contribution is -2.05. The van der Waals surface area contributed by atoms with Crippen molar-refractivity contribution in [2.45, 2.75) is 245 Å². The molecule has 0 bridgehead atoms. The molecular formula is C44H84O2. The van der Waals surface area contributed by atoms with Crippen LogP contribution < -0.4 is 0 Å². The zero-order valence-corrected chi connectivity index (χ0v) is 31.8. The number of rotatable bonds is 39. The highest BCUT2D eigenvalue weighted by molar-refractivity contribution is 5.69. The number of allylic oxidation sites excluding steroid dienone is 4. The van der Waals surface area contributed by atoms with E-state index in [0.717, 1.165) is 12.8 Å². The molecule has 0 aliphatic heterocycles. The second-order valence-corrected chi connectivity index (χ2v) is 14.3. The molecule has 0 saturated heterocycles. The zero-order chi connectivity index (χ0) is 33.3. The summed E-state index contributed by atoms with van der Waals surface area (Å²) in [4.78, 5) is 12.0. The number of hydrogen-bond donors (Lipinski definition) is 0. The third-order valence-corrected chi connectivity index (χ3v) is 9.56. The molecule has 0 amide bonds. The van der Waals surface area contributed by atoms with Crippen LogP contribution in [-0.2, 0) is 9.53 Å². The molecule has 0 atom stereocenters. The van der Waals surface area contributed by atoms with Gasteiger partial charge in [0.25, 0.3) is 0 Å². The summed E-state index contributed by atoms with van der Waals surface area (Å²) in [5.41, 5.74) is 0. The molecule has 0 rings (SSSR count). The molecule has 0 aromatic rings. The van der Waals surface area contributed by atoms with Crippen molar-refractivity contribution in [1.29, 1.82) is 0 Å². The molecule has 0 radical (unpaired) electrons. The summed E-state index contributed by atoms with van der Waals surface area (Å²) in [7, 11) is 0. The molecule has 0 aromatic carbocycles. The van der Waals surface area contributed by atoms with E-state index in [9.17, 15) is 4.79 Å². The molecule has 0 N–H and O–H groups in total. The molecule has 0 heterocycles. The molecule has 0 unspecified atom stereocenters. The Bertz CT molecular complexity index is 621. The predicted octanol–water partition coefficient (Wildman–Crippen LogP) is 15.7. The Labute approximate surface area is 290 Å². The minimum atomic E-state index is 0.0210. The first-order valence-electron chi connectivity index (χ1n) is 21.3. The number of hydrogen-bond acceptors (Lipinski definition) is 2. The number of unbranched alkanes of at least 4 members (excludes halogenated alkanes) is 31. The van der Waals surface area contributed by atoms with Crippen molar-refractivity contribution in [3.63, 3.8) is 0 Å². The molecular weight excluding hydrogens is 560 g/mol. The maximum absolute atomic E-state index is 12.0. The van der Waals surface area contributed by atoms with E-state index in [4.69, 9.17) is 4.74 Å². The third kappa shape index (κ3) is 41.0. The predicted molar refractivity (Wildman–Crippen MR) is 207 cm³/mol. The van der Waals surface area contributed by atoms with E-state index < -0.39 is 0 Å². The van der Waals surface area contributed by atoms with E-state index in [1.54, 1.807) is 0 Å². The topological polar surface area (TPSA) is 26.3 Å². The van der Waals surface area contributed by atoms with Gasteiger partial charge in [0.2, 0.25) is 0 Å². The Morgan fingerprint density at radius 2 is 0.609 bits per heavy atom. The van der Waals surface area contributed by atoms with Gasteiger partial charge in [-0.1, -0.05) is 199 Å². The van der Waals surface area contributed by atoms with Crippen LogP contribution in [0.1, 0.15) is 245 Å². The van der Waals surface area contributed by atoms with Gasteiger partial charge >= 0.3 is 5.97 Å². The van der Waals surface area contributed by atoms with Gasteiger partial charge in [-0.25, -0.2) is 0 Å². The molecule has 0 aliphatic rings. The van der Waals surface area contributed by atoms with Crippen LogP contribution in [-0.4, -0.2) is 12.6 Å². The summed E-state index contributed by atoms with van der Waals surface area (Å²) in [5.74, 6) is 0.0210. The van der Waals surface area contributed by atoms with E-state index >= 15 is 0 Å². The van der Waals surface area contributed by atoms with Crippen LogP contribution in [0.3, 0.4) is 0 Å². The number of carbonyl (C=O) groups excluding carboxylic acids is 1. The Kier molecular flexibility index (Phi) is 41.0. The fraction of sp³-hybridized carbons (Fsp3) is 0.886. The van der Waals surface area contributed by atoms with Crippen molar-refractivity contribution < 1.29 is 9.53 Å². The lowest BCUT2D eigenvalue weighted by atomic mass is 10.0. The molecule has 0 aromatic heterocycles. The van der Waals surface area contributed by atoms with Crippen LogP contribution in [0.2, 0.25) is 0 Å². The first-order valence-corrected chi connectivity index (χ1v) is 21.3. The van der Waals surface area contributed by atoms with Gasteiger partial charge in [-0.15, -0.1) is 0 Å². The minimum Gasteiger partial charge on any atom is -0.466 e. The minimum absolute atomic E-state index is 0.0210. The van der Waals surface area contributed by atoms with E-state index in [0.29, 0.717) is 13.0 Å². The summed E-state index contributed by atoms with van der Waals surface area (Å²) in [6.07, 6.45) is 57.0. The number of esters is 1. The first kappa shape index (κ1) is 45.0. The van der Waals surface area contributed by atoms with Gasteiger partial charge in [-0.3, -0.25) is 4.79 Å². The second-order valence-electron chi connectivity index (χ2n) is 14.3. The smallest absolute Gasteiger partial charge is 0.305 e. The van der Waals surface area contributed by atoms with E-state index in [1.807, 2.05) is 0 Å². The second kappa shape index (κ2) is 42.0. The molecule has 0 saturated carbocycles. The van der Waals surface area contributed by atoms with Crippen molar-refractivity contribution >= 4 is 5.97 Å². The quantitative estimate of drug-likeness (QED) is 0.0378. The van der Waals surface area contributed by atoms with Gasteiger partial charge < -0.3 is 4.74 Å². The van der Waals surface area contributed by atoms with E-state index in [2.05, 4.69) is 38.2 Å². The average Bonchev–Trinajstić information content (AvgIpc) is 3.06. The molecule has 0 aliphatic carbocycles. The Balaban J connectivity index is 3.20. The molecule has 46 heavy (non-hydrogen) atoms. The Morgan fingerprint density at radius 3 is 0.935 bits per heavy atom. The molecule has 2 heteroatoms. The van der Waals surface area contributed by atoms with Crippen LogP contribution in [0, 0.1) is 0 Å². The van der Waals surface area contributed by atoms with Crippen LogP contribution in [0.4, 0.5) is 0 Å². The van der Waals surface area contributed by atoms with Crippen molar-refractivity contribution in [1.82, 2.24) is 0 Å². The van der Waals surface area contributed by atoms with Crippen molar-refractivity contribution in [3.05, 3.63) is 24.3 Å². The lowest BCUT2D eigenvalue weighted by molar-refractivity contribution is -0.143. The van der Waals surface area contributed by atoms with Gasteiger partial charge in [0.15, 0.2) is 0 Å². The highest BCUT2D eigenvalue weighted by atomic mass is 16.5. The van der Waals surface area contributed by atoms with Gasteiger partial charge in [-0.2, -0.15) is 0 Å². The largest absolute Gasteiger partial charge is 0.466 e. The third-order valence-electron chi connectivity index (χ3n) is 9.56. The maximum atomic E-state index is 12.0. The van der Waals surface area contributed by atoms with Gasteiger partial charge in [0, 0.05) is 6.42 Å². The monoisotopic (exact) mass is 645 g/mol. The Morgan fingerprint density at radius 1 is 0.348 bits per heavy atom. The molecule has 0 fully saturated rings. The number of ether oxygens (including phenoxy) is 1. The van der Waals surface area contributed by atoms with Crippen LogP contribution in [0.25, 0.3) is 0 Å². The maximum Gasteiger partial charge on any atom is 0.305 e. The Hall–Kier alpha value is -1.05. The van der Waals surface area contributed by atoms with Gasteiger partial charge in [-0.05, 0) is 64.2 Å². The molecule has 0 spiro atoms. The zero-order valence-electron chi connectivity index (χ0n) is 31.8. The SMILES string of the molecule is CCCCCCCC/C=C/CCCCCCCCCCCCCCOC(=O)CCCCCCCCC/C=C/CCCCCCCC.